The average Bonchev–Trinajstić information content (AvgIpc) is 2.73. The highest BCUT2D eigenvalue weighted by Gasteiger charge is 2.23. The van der Waals surface area contributed by atoms with Crippen molar-refractivity contribution in [1.29, 1.82) is 0 Å². The minimum atomic E-state index is 0.167. The van der Waals surface area contributed by atoms with Gasteiger partial charge in [-0.15, -0.1) is 11.3 Å². The zero-order valence-corrected chi connectivity index (χ0v) is 12.7. The minimum Gasteiger partial charge on any atom is -0.346 e. The number of anilines is 1. The number of nitrogens with one attached hydrogen (secondary N) is 1. The highest BCUT2D eigenvalue weighted by Crippen LogP contribution is 2.27. The summed E-state index contributed by atoms with van der Waals surface area (Å²) >= 11 is 1.73. The van der Waals surface area contributed by atoms with Crippen molar-refractivity contribution in [2.75, 3.05) is 11.9 Å². The first-order valence-electron chi connectivity index (χ1n) is 6.28. The molecule has 1 aromatic heterocycles. The molecule has 1 N–H and O–H groups in total. The minimum absolute atomic E-state index is 0.167. The normalized spacial score (nSPS) is 12.2. The van der Waals surface area contributed by atoms with Crippen LogP contribution in [0.5, 0.6) is 0 Å². The summed E-state index contributed by atoms with van der Waals surface area (Å²) in [7, 11) is 2.13. The van der Waals surface area contributed by atoms with Crippen LogP contribution in [0.4, 0.5) is 5.13 Å². The number of hydrogen-bond acceptors (Lipinski definition) is 4. The molecular formula is C13H25N3S. The van der Waals surface area contributed by atoms with Crippen molar-refractivity contribution in [3.05, 3.63) is 11.1 Å². The molecule has 0 bridgehead atoms. The molecule has 4 heteroatoms. The van der Waals surface area contributed by atoms with Gasteiger partial charge in [-0.2, -0.15) is 0 Å². The van der Waals surface area contributed by atoms with E-state index < -0.39 is 0 Å². The van der Waals surface area contributed by atoms with E-state index in [0.29, 0.717) is 6.04 Å². The molecule has 0 aromatic carbocycles. The zero-order valence-electron chi connectivity index (χ0n) is 11.9. The summed E-state index contributed by atoms with van der Waals surface area (Å²) in [5.41, 5.74) is 1.30. The van der Waals surface area contributed by atoms with Gasteiger partial charge < -0.3 is 10.2 Å². The molecule has 1 heterocycles. The van der Waals surface area contributed by atoms with Crippen LogP contribution in [0.3, 0.4) is 0 Å². The van der Waals surface area contributed by atoms with E-state index in [1.807, 2.05) is 0 Å². The van der Waals surface area contributed by atoms with Crippen LogP contribution >= 0.6 is 11.3 Å². The van der Waals surface area contributed by atoms with E-state index in [-0.39, 0.29) is 5.54 Å². The van der Waals surface area contributed by atoms with Crippen molar-refractivity contribution in [3.8, 4) is 0 Å². The van der Waals surface area contributed by atoms with Gasteiger partial charge in [-0.1, -0.05) is 20.8 Å². The van der Waals surface area contributed by atoms with Gasteiger partial charge in [0.15, 0.2) is 5.13 Å². The molecule has 0 amide bonds. The molecule has 3 nitrogen and oxygen atoms in total. The molecule has 98 valence electrons. The summed E-state index contributed by atoms with van der Waals surface area (Å²) in [6, 6.07) is 0.505. The molecule has 0 aliphatic heterocycles. The van der Waals surface area contributed by atoms with Crippen LogP contribution in [-0.2, 0) is 6.54 Å². The molecule has 1 rings (SSSR count). The fourth-order valence-corrected chi connectivity index (χ4v) is 2.29. The zero-order chi connectivity index (χ0) is 13.1. The first kappa shape index (κ1) is 14.5. The Morgan fingerprint density at radius 3 is 2.65 bits per heavy atom. The lowest BCUT2D eigenvalue weighted by molar-refractivity contribution is 0.469. The summed E-state index contributed by atoms with van der Waals surface area (Å²) in [6.07, 6.45) is 1.11. The largest absolute Gasteiger partial charge is 0.346 e. The second-order valence-electron chi connectivity index (χ2n) is 5.38. The van der Waals surface area contributed by atoms with Crippen molar-refractivity contribution in [3.63, 3.8) is 0 Å². The number of rotatable bonds is 6. The number of hydrogen-bond donors (Lipinski definition) is 1. The first-order valence-corrected chi connectivity index (χ1v) is 7.16. The van der Waals surface area contributed by atoms with Gasteiger partial charge in [0.1, 0.15) is 0 Å². The van der Waals surface area contributed by atoms with E-state index in [4.69, 9.17) is 0 Å². The van der Waals surface area contributed by atoms with Crippen molar-refractivity contribution in [1.82, 2.24) is 10.3 Å². The van der Waals surface area contributed by atoms with Gasteiger partial charge >= 0.3 is 0 Å². The third-order valence-corrected chi connectivity index (χ3v) is 4.26. The van der Waals surface area contributed by atoms with E-state index in [0.717, 1.165) is 23.8 Å². The topological polar surface area (TPSA) is 28.2 Å². The van der Waals surface area contributed by atoms with Crippen LogP contribution in [0, 0.1) is 0 Å². The molecule has 0 aliphatic rings. The smallest absolute Gasteiger partial charge is 0.185 e. The van der Waals surface area contributed by atoms with Gasteiger partial charge in [0, 0.05) is 30.6 Å². The number of aromatic nitrogens is 1. The summed E-state index contributed by atoms with van der Waals surface area (Å²) < 4.78 is 0. The summed E-state index contributed by atoms with van der Waals surface area (Å²) in [6.45, 7) is 11.9. The molecular weight excluding hydrogens is 230 g/mol. The van der Waals surface area contributed by atoms with E-state index in [1.54, 1.807) is 11.3 Å². The summed E-state index contributed by atoms with van der Waals surface area (Å²) in [4.78, 5) is 6.95. The Morgan fingerprint density at radius 2 is 2.12 bits per heavy atom. The van der Waals surface area contributed by atoms with Crippen LogP contribution in [0.2, 0.25) is 0 Å². The van der Waals surface area contributed by atoms with Crippen LogP contribution in [0.1, 0.15) is 46.7 Å². The molecule has 0 radical (unpaired) electrons. The Hall–Kier alpha value is -0.610. The second-order valence-corrected chi connectivity index (χ2v) is 6.22. The predicted octanol–water partition coefficient (Wildman–Crippen LogP) is 3.27. The fraction of sp³-hybridized carbons (Fsp3) is 0.769. The van der Waals surface area contributed by atoms with Crippen LogP contribution in [0.25, 0.3) is 0 Å². The maximum Gasteiger partial charge on any atom is 0.185 e. The highest BCUT2D eigenvalue weighted by atomic mass is 32.1. The molecule has 0 unspecified atom stereocenters. The van der Waals surface area contributed by atoms with Crippen LogP contribution in [-0.4, -0.2) is 23.6 Å². The van der Waals surface area contributed by atoms with Gasteiger partial charge in [-0.05, 0) is 20.3 Å². The Labute approximate surface area is 109 Å². The Morgan fingerprint density at radius 1 is 1.47 bits per heavy atom. The highest BCUT2D eigenvalue weighted by molar-refractivity contribution is 7.13. The monoisotopic (exact) mass is 255 g/mol. The summed E-state index contributed by atoms with van der Waals surface area (Å²) in [5, 5.41) is 6.65. The van der Waals surface area contributed by atoms with Crippen molar-refractivity contribution in [2.45, 2.75) is 59.2 Å². The molecule has 0 saturated heterocycles. The Kier molecular flexibility index (Phi) is 4.95. The molecule has 0 atom stereocenters. The molecule has 0 fully saturated rings. The van der Waals surface area contributed by atoms with E-state index in [1.165, 1.54) is 0 Å². The maximum absolute atomic E-state index is 4.68. The third kappa shape index (κ3) is 3.96. The lowest BCUT2D eigenvalue weighted by Crippen LogP contribution is -2.40. The van der Waals surface area contributed by atoms with E-state index >= 15 is 0 Å². The predicted molar refractivity (Wildman–Crippen MR) is 76.9 cm³/mol. The van der Waals surface area contributed by atoms with Crippen molar-refractivity contribution in [2.24, 2.45) is 0 Å². The standard InChI is InChI=1S/C13H25N3S/c1-7-13(4,5)16(6)12-15-11(9-17-12)8-14-10(2)3/h9-10,14H,7-8H2,1-6H3. The van der Waals surface area contributed by atoms with Crippen LogP contribution < -0.4 is 10.2 Å². The average molecular weight is 255 g/mol. The van der Waals surface area contributed by atoms with Gasteiger partial charge in [-0.3, -0.25) is 0 Å². The summed E-state index contributed by atoms with van der Waals surface area (Å²) in [5.74, 6) is 0. The number of nitrogens with zero attached hydrogens (tertiary/aromatic N) is 2. The first-order chi connectivity index (χ1) is 7.86. The molecule has 0 spiro atoms. The molecule has 0 saturated carbocycles. The van der Waals surface area contributed by atoms with Gasteiger partial charge in [0.05, 0.1) is 5.69 Å². The Bertz CT molecular complexity index is 344. The number of thiazole rings is 1. The second kappa shape index (κ2) is 5.83. The lowest BCUT2D eigenvalue weighted by atomic mass is 10.0. The SMILES string of the molecule is CCC(C)(C)N(C)c1nc(CNC(C)C)cs1. The van der Waals surface area contributed by atoms with Gasteiger partial charge in [0.2, 0.25) is 0 Å². The van der Waals surface area contributed by atoms with Crippen molar-refractivity contribution < 1.29 is 0 Å². The molecule has 0 aliphatic carbocycles. The van der Waals surface area contributed by atoms with Crippen molar-refractivity contribution >= 4 is 16.5 Å². The molecule has 1 aromatic rings. The molecule has 17 heavy (non-hydrogen) atoms. The van der Waals surface area contributed by atoms with E-state index in [9.17, 15) is 0 Å². The van der Waals surface area contributed by atoms with Gasteiger partial charge in [-0.25, -0.2) is 4.98 Å². The quantitative estimate of drug-likeness (QED) is 0.845. The maximum atomic E-state index is 4.68. The van der Waals surface area contributed by atoms with Crippen LogP contribution in [0.15, 0.2) is 5.38 Å². The van der Waals surface area contributed by atoms with E-state index in [2.05, 4.69) is 62.2 Å². The Balaban J connectivity index is 2.67. The lowest BCUT2D eigenvalue weighted by Gasteiger charge is -2.34. The fourth-order valence-electron chi connectivity index (χ4n) is 1.34. The third-order valence-electron chi connectivity index (χ3n) is 3.29. The van der Waals surface area contributed by atoms with Gasteiger partial charge in [0.25, 0.3) is 0 Å².